The van der Waals surface area contributed by atoms with Crippen LogP contribution >= 0.6 is 0 Å². The van der Waals surface area contributed by atoms with Crippen LogP contribution in [0.25, 0.3) is 0 Å². The van der Waals surface area contributed by atoms with Crippen molar-refractivity contribution in [2.24, 2.45) is 16.9 Å². The lowest BCUT2D eigenvalue weighted by Crippen LogP contribution is -2.22. The fourth-order valence-corrected chi connectivity index (χ4v) is 3.89. The molecule has 0 heterocycles. The number of hydrogen-bond acceptors (Lipinski definition) is 3. The highest BCUT2D eigenvalue weighted by Gasteiger charge is 2.36. The summed E-state index contributed by atoms with van der Waals surface area (Å²) in [6, 6.07) is 6.80. The topological polar surface area (TPSA) is 58.5 Å². The molecule has 1 aromatic carbocycles. The molecule has 2 bridgehead atoms. The van der Waals surface area contributed by atoms with E-state index in [4.69, 9.17) is 0 Å². The van der Waals surface area contributed by atoms with E-state index in [1.54, 1.807) is 24.3 Å². The highest BCUT2D eigenvalue weighted by molar-refractivity contribution is 7.89. The maximum Gasteiger partial charge on any atom is 0.276 e. The zero-order chi connectivity index (χ0) is 13.5. The summed E-state index contributed by atoms with van der Waals surface area (Å²) in [6.45, 7) is 1.93. The van der Waals surface area contributed by atoms with Gasteiger partial charge >= 0.3 is 0 Å². The standard InChI is InChI=1S/C14H18N2O2S/c1-10-2-6-13(7-3-10)19(17,18)16-15-14-9-11-4-5-12(14)8-11/h2-3,6-7,11-12,16H,4-5,8-9H2,1H3/b15-14+/t11-,12-/m1/s1. The molecule has 0 unspecified atom stereocenters. The van der Waals surface area contributed by atoms with Crippen molar-refractivity contribution in [3.8, 4) is 0 Å². The van der Waals surface area contributed by atoms with Crippen molar-refractivity contribution in [3.05, 3.63) is 29.8 Å². The maximum atomic E-state index is 12.1. The van der Waals surface area contributed by atoms with Crippen LogP contribution in [0.4, 0.5) is 0 Å². The van der Waals surface area contributed by atoms with Crippen LogP contribution in [0, 0.1) is 18.8 Å². The van der Waals surface area contributed by atoms with Crippen molar-refractivity contribution in [3.63, 3.8) is 0 Å². The van der Waals surface area contributed by atoms with E-state index in [2.05, 4.69) is 9.93 Å². The fourth-order valence-electron chi connectivity index (χ4n) is 3.05. The predicted molar refractivity (Wildman–Crippen MR) is 74.4 cm³/mol. The first-order valence-electron chi connectivity index (χ1n) is 6.69. The van der Waals surface area contributed by atoms with E-state index >= 15 is 0 Å². The third kappa shape index (κ3) is 2.52. The Hall–Kier alpha value is -1.36. The molecule has 102 valence electrons. The molecule has 5 heteroatoms. The molecule has 0 aliphatic heterocycles. The third-order valence-electron chi connectivity index (χ3n) is 4.15. The van der Waals surface area contributed by atoms with E-state index in [1.807, 2.05) is 6.92 Å². The number of benzene rings is 1. The molecule has 0 saturated heterocycles. The first-order chi connectivity index (χ1) is 9.04. The molecule has 2 atom stereocenters. The molecule has 0 amide bonds. The SMILES string of the molecule is Cc1ccc(S(=O)(=O)N/N=C2\C[C@@H]3CC[C@@H]2C3)cc1. The number of sulfonamides is 1. The molecule has 4 nitrogen and oxygen atoms in total. The molecule has 2 saturated carbocycles. The van der Waals surface area contributed by atoms with Crippen LogP contribution in [0.5, 0.6) is 0 Å². The summed E-state index contributed by atoms with van der Waals surface area (Å²) in [7, 11) is -3.52. The Kier molecular flexibility index (Phi) is 3.09. The fraction of sp³-hybridized carbons (Fsp3) is 0.500. The minimum Gasteiger partial charge on any atom is -0.200 e. The number of hydrogen-bond donors (Lipinski definition) is 1. The van der Waals surface area contributed by atoms with E-state index in [9.17, 15) is 8.42 Å². The average Bonchev–Trinajstić information content (AvgIpc) is 2.99. The van der Waals surface area contributed by atoms with Gasteiger partial charge in [-0.2, -0.15) is 13.5 Å². The van der Waals surface area contributed by atoms with E-state index < -0.39 is 10.0 Å². The predicted octanol–water partition coefficient (Wildman–Crippen LogP) is 2.45. The number of rotatable bonds is 3. The highest BCUT2D eigenvalue weighted by Crippen LogP contribution is 2.42. The molecule has 0 radical (unpaired) electrons. The van der Waals surface area contributed by atoms with Crippen molar-refractivity contribution in [2.75, 3.05) is 0 Å². The zero-order valence-electron chi connectivity index (χ0n) is 11.0. The minimum atomic E-state index is -3.52. The van der Waals surface area contributed by atoms with Gasteiger partial charge in [-0.15, -0.1) is 0 Å². The second kappa shape index (κ2) is 4.63. The minimum absolute atomic E-state index is 0.269. The summed E-state index contributed by atoms with van der Waals surface area (Å²) < 4.78 is 24.2. The molecule has 0 spiro atoms. The lowest BCUT2D eigenvalue weighted by molar-refractivity contribution is 0.579. The second-order valence-electron chi connectivity index (χ2n) is 5.59. The summed E-state index contributed by atoms with van der Waals surface area (Å²) in [6.07, 6.45) is 4.58. The third-order valence-corrected chi connectivity index (χ3v) is 5.38. The molecule has 2 aliphatic rings. The molecule has 1 aromatic rings. The van der Waals surface area contributed by atoms with Gasteiger partial charge in [-0.05, 0) is 56.6 Å². The van der Waals surface area contributed by atoms with Crippen molar-refractivity contribution in [2.45, 2.75) is 37.5 Å². The van der Waals surface area contributed by atoms with Gasteiger partial charge in [0.15, 0.2) is 0 Å². The summed E-state index contributed by atoms with van der Waals surface area (Å²) in [5.74, 6) is 1.23. The van der Waals surface area contributed by atoms with Crippen LogP contribution in [-0.4, -0.2) is 14.1 Å². The Labute approximate surface area is 114 Å². The highest BCUT2D eigenvalue weighted by atomic mass is 32.2. The van der Waals surface area contributed by atoms with Crippen molar-refractivity contribution in [1.82, 2.24) is 4.83 Å². The van der Waals surface area contributed by atoms with Gasteiger partial charge < -0.3 is 0 Å². The Morgan fingerprint density at radius 3 is 2.53 bits per heavy atom. The number of fused-ring (bicyclic) bond motifs is 2. The second-order valence-corrected chi connectivity index (χ2v) is 7.25. The summed E-state index contributed by atoms with van der Waals surface area (Å²) in [5.41, 5.74) is 2.07. The zero-order valence-corrected chi connectivity index (χ0v) is 11.8. The van der Waals surface area contributed by atoms with E-state index in [-0.39, 0.29) is 4.90 Å². The van der Waals surface area contributed by atoms with Gasteiger partial charge in [-0.3, -0.25) is 0 Å². The molecule has 2 fully saturated rings. The first-order valence-corrected chi connectivity index (χ1v) is 8.18. The Balaban J connectivity index is 1.75. The van der Waals surface area contributed by atoms with Crippen LogP contribution < -0.4 is 4.83 Å². The van der Waals surface area contributed by atoms with Crippen LogP contribution in [0.15, 0.2) is 34.3 Å². The Morgan fingerprint density at radius 2 is 1.95 bits per heavy atom. The first kappa shape index (κ1) is 12.7. The van der Waals surface area contributed by atoms with Gasteiger partial charge in [0.25, 0.3) is 10.0 Å². The van der Waals surface area contributed by atoms with Gasteiger partial charge in [0.05, 0.1) is 4.90 Å². The molecule has 3 rings (SSSR count). The van der Waals surface area contributed by atoms with Gasteiger partial charge in [0, 0.05) is 5.71 Å². The Morgan fingerprint density at radius 1 is 1.21 bits per heavy atom. The molecule has 19 heavy (non-hydrogen) atoms. The van der Waals surface area contributed by atoms with Crippen LogP contribution in [-0.2, 0) is 10.0 Å². The summed E-state index contributed by atoms with van der Waals surface area (Å²) in [5, 5.41) is 4.16. The van der Waals surface area contributed by atoms with Crippen molar-refractivity contribution >= 4 is 15.7 Å². The van der Waals surface area contributed by atoms with E-state index in [0.717, 1.165) is 30.0 Å². The van der Waals surface area contributed by atoms with Gasteiger partial charge in [0.1, 0.15) is 0 Å². The number of nitrogens with zero attached hydrogens (tertiary/aromatic N) is 1. The molecule has 1 N–H and O–H groups in total. The van der Waals surface area contributed by atoms with Crippen LogP contribution in [0.3, 0.4) is 0 Å². The smallest absolute Gasteiger partial charge is 0.200 e. The lowest BCUT2D eigenvalue weighted by atomic mass is 9.99. The lowest BCUT2D eigenvalue weighted by Gasteiger charge is -2.12. The molecular weight excluding hydrogens is 260 g/mol. The van der Waals surface area contributed by atoms with Gasteiger partial charge in [-0.1, -0.05) is 17.7 Å². The van der Waals surface area contributed by atoms with Gasteiger partial charge in [-0.25, -0.2) is 4.83 Å². The summed E-state index contributed by atoms with van der Waals surface area (Å²) >= 11 is 0. The number of aryl methyl sites for hydroxylation is 1. The summed E-state index contributed by atoms with van der Waals surface area (Å²) in [4.78, 5) is 2.65. The van der Waals surface area contributed by atoms with Crippen molar-refractivity contribution in [1.29, 1.82) is 0 Å². The normalized spacial score (nSPS) is 27.9. The quantitative estimate of drug-likeness (QED) is 0.863. The Bertz CT molecular complexity index is 605. The maximum absolute atomic E-state index is 12.1. The molecule has 0 aromatic heterocycles. The number of hydrazone groups is 1. The molecule has 2 aliphatic carbocycles. The van der Waals surface area contributed by atoms with E-state index in [0.29, 0.717) is 5.92 Å². The monoisotopic (exact) mass is 278 g/mol. The van der Waals surface area contributed by atoms with Crippen molar-refractivity contribution < 1.29 is 8.42 Å². The largest absolute Gasteiger partial charge is 0.276 e. The average molecular weight is 278 g/mol. The molecular formula is C14H18N2O2S. The van der Waals surface area contributed by atoms with Crippen LogP contribution in [0.1, 0.15) is 31.2 Å². The van der Waals surface area contributed by atoms with Crippen LogP contribution in [0.2, 0.25) is 0 Å². The van der Waals surface area contributed by atoms with E-state index in [1.165, 1.54) is 12.8 Å². The van der Waals surface area contributed by atoms with Gasteiger partial charge in [0.2, 0.25) is 0 Å². The number of nitrogens with one attached hydrogen (secondary N) is 1.